The van der Waals surface area contributed by atoms with Crippen molar-refractivity contribution in [3.63, 3.8) is 0 Å². The van der Waals surface area contributed by atoms with Crippen LogP contribution in [0.1, 0.15) is 48.2 Å². The molecule has 1 aliphatic rings. The van der Waals surface area contributed by atoms with Crippen molar-refractivity contribution < 1.29 is 9.53 Å². The number of fused-ring (bicyclic) bond motifs is 2. The molecule has 1 atom stereocenters. The van der Waals surface area contributed by atoms with Gasteiger partial charge in [0.05, 0.1) is 11.8 Å². The van der Waals surface area contributed by atoms with Gasteiger partial charge in [-0.15, -0.1) is 0 Å². The third-order valence-electron chi connectivity index (χ3n) is 4.89. The van der Waals surface area contributed by atoms with Crippen LogP contribution in [0.25, 0.3) is 11.2 Å². The fraction of sp³-hybridized carbons (Fsp3) is 0.350. The van der Waals surface area contributed by atoms with Crippen molar-refractivity contribution in [1.82, 2.24) is 20.3 Å². The zero-order valence-electron chi connectivity index (χ0n) is 15.0. The molecule has 1 aliphatic carbocycles. The average molecular weight is 350 g/mol. The number of H-pyrrole nitrogens is 1. The highest BCUT2D eigenvalue weighted by Gasteiger charge is 2.17. The van der Waals surface area contributed by atoms with Crippen LogP contribution in [-0.2, 0) is 12.8 Å². The Morgan fingerprint density at radius 2 is 2.19 bits per heavy atom. The van der Waals surface area contributed by atoms with Gasteiger partial charge in [-0.2, -0.15) is 0 Å². The largest absolute Gasteiger partial charge is 0.437 e. The lowest BCUT2D eigenvalue weighted by Crippen LogP contribution is -2.31. The number of nitrogens with one attached hydrogen (secondary N) is 2. The molecule has 1 amide bonds. The Hall–Kier alpha value is -2.89. The summed E-state index contributed by atoms with van der Waals surface area (Å²) in [5.41, 5.74) is 4.30. The van der Waals surface area contributed by atoms with Gasteiger partial charge in [0.1, 0.15) is 11.3 Å². The molecule has 0 fully saturated rings. The first-order valence-electron chi connectivity index (χ1n) is 9.08. The number of hydrogen-bond acceptors (Lipinski definition) is 4. The number of ether oxygens (including phenoxy) is 1. The molecular formula is C20H22N4O2. The van der Waals surface area contributed by atoms with Crippen LogP contribution in [0.5, 0.6) is 11.6 Å². The van der Waals surface area contributed by atoms with Crippen molar-refractivity contribution in [3.8, 4) is 11.6 Å². The molecule has 0 saturated carbocycles. The Morgan fingerprint density at radius 1 is 1.35 bits per heavy atom. The molecule has 3 aromatic rings. The van der Waals surface area contributed by atoms with Gasteiger partial charge in [-0.1, -0.05) is 13.0 Å². The normalized spacial score (nSPS) is 14.2. The molecule has 0 unspecified atom stereocenters. The first-order valence-corrected chi connectivity index (χ1v) is 9.08. The third-order valence-corrected chi connectivity index (χ3v) is 4.89. The van der Waals surface area contributed by atoms with Crippen molar-refractivity contribution in [3.05, 3.63) is 47.3 Å². The van der Waals surface area contributed by atoms with Gasteiger partial charge in [0, 0.05) is 12.2 Å². The Bertz CT molecular complexity index is 964. The fourth-order valence-electron chi connectivity index (χ4n) is 3.23. The average Bonchev–Trinajstić information content (AvgIpc) is 3.27. The number of benzene rings is 1. The zero-order chi connectivity index (χ0) is 18.1. The fourth-order valence-corrected chi connectivity index (χ4v) is 3.23. The lowest BCUT2D eigenvalue weighted by molar-refractivity contribution is 0.0941. The minimum atomic E-state index is -0.158. The minimum absolute atomic E-state index is 0.103. The molecule has 1 aromatic carbocycles. The monoisotopic (exact) mass is 350 g/mol. The summed E-state index contributed by atoms with van der Waals surface area (Å²) in [6.07, 6.45) is 7.51. The van der Waals surface area contributed by atoms with E-state index in [1.807, 2.05) is 19.9 Å². The predicted molar refractivity (Wildman–Crippen MR) is 99.6 cm³/mol. The second-order valence-corrected chi connectivity index (χ2v) is 6.78. The number of carbonyl (C=O) groups excluding carboxylic acids is 1. The van der Waals surface area contributed by atoms with Gasteiger partial charge in [-0.05, 0) is 55.9 Å². The maximum atomic E-state index is 12.4. The second kappa shape index (κ2) is 6.78. The van der Waals surface area contributed by atoms with Gasteiger partial charge in [0.25, 0.3) is 5.91 Å². The molecule has 134 valence electrons. The van der Waals surface area contributed by atoms with Crippen LogP contribution in [0.4, 0.5) is 0 Å². The van der Waals surface area contributed by atoms with E-state index in [0.29, 0.717) is 22.6 Å². The maximum absolute atomic E-state index is 12.4. The van der Waals surface area contributed by atoms with Crippen LogP contribution in [-0.4, -0.2) is 26.9 Å². The van der Waals surface area contributed by atoms with Crippen LogP contribution < -0.4 is 10.1 Å². The Kier molecular flexibility index (Phi) is 4.32. The number of nitrogens with zero attached hydrogens (tertiary/aromatic N) is 2. The quantitative estimate of drug-likeness (QED) is 0.734. The summed E-state index contributed by atoms with van der Waals surface area (Å²) in [5.74, 6) is 0.975. The van der Waals surface area contributed by atoms with Crippen molar-refractivity contribution in [2.24, 2.45) is 0 Å². The van der Waals surface area contributed by atoms with E-state index >= 15 is 0 Å². The summed E-state index contributed by atoms with van der Waals surface area (Å²) >= 11 is 0. The van der Waals surface area contributed by atoms with Gasteiger partial charge in [-0.25, -0.2) is 9.97 Å². The molecule has 2 aromatic heterocycles. The zero-order valence-corrected chi connectivity index (χ0v) is 15.0. The first-order chi connectivity index (χ1) is 12.6. The van der Waals surface area contributed by atoms with Gasteiger partial charge in [0.15, 0.2) is 5.65 Å². The smallest absolute Gasteiger partial charge is 0.255 e. The van der Waals surface area contributed by atoms with E-state index in [4.69, 9.17) is 4.74 Å². The summed E-state index contributed by atoms with van der Waals surface area (Å²) in [4.78, 5) is 24.3. The van der Waals surface area contributed by atoms with Gasteiger partial charge < -0.3 is 15.0 Å². The standard InChI is InChI=1S/C20H22N4O2/c1-3-12(2)23-20(25)16-10-21-19-18(16)24-17(11-22-19)26-15-8-7-13-5-4-6-14(13)9-15/h7-12H,3-6H2,1-2H3,(H,21,22)(H,23,25)/t12-/m0/s1. The molecule has 0 radical (unpaired) electrons. The number of hydrogen-bond donors (Lipinski definition) is 2. The van der Waals surface area contributed by atoms with E-state index in [1.165, 1.54) is 17.5 Å². The molecule has 6 heteroatoms. The molecule has 6 nitrogen and oxygen atoms in total. The van der Waals surface area contributed by atoms with Crippen LogP contribution in [0.15, 0.2) is 30.6 Å². The number of carbonyl (C=O) groups is 1. The van der Waals surface area contributed by atoms with E-state index < -0.39 is 0 Å². The maximum Gasteiger partial charge on any atom is 0.255 e. The third kappa shape index (κ3) is 3.14. The SMILES string of the molecule is CC[C@H](C)NC(=O)c1c[nH]c2ncc(Oc3ccc4c(c3)CCC4)nc12. The summed E-state index contributed by atoms with van der Waals surface area (Å²) in [7, 11) is 0. The van der Waals surface area contributed by atoms with Crippen molar-refractivity contribution in [2.45, 2.75) is 45.6 Å². The summed E-state index contributed by atoms with van der Waals surface area (Å²) in [6.45, 7) is 4.00. The van der Waals surface area contributed by atoms with E-state index in [1.54, 1.807) is 12.4 Å². The van der Waals surface area contributed by atoms with Gasteiger partial charge >= 0.3 is 0 Å². The van der Waals surface area contributed by atoms with Crippen LogP contribution in [0, 0.1) is 0 Å². The van der Waals surface area contributed by atoms with Crippen molar-refractivity contribution >= 4 is 17.1 Å². The van der Waals surface area contributed by atoms with E-state index in [2.05, 4.69) is 32.4 Å². The molecule has 2 heterocycles. The van der Waals surface area contributed by atoms with Crippen molar-refractivity contribution in [2.75, 3.05) is 0 Å². The highest BCUT2D eigenvalue weighted by Crippen LogP contribution is 2.29. The highest BCUT2D eigenvalue weighted by atomic mass is 16.5. The molecule has 0 saturated heterocycles. The number of aromatic amines is 1. The van der Waals surface area contributed by atoms with Crippen molar-refractivity contribution in [1.29, 1.82) is 0 Å². The number of rotatable bonds is 5. The number of amides is 1. The van der Waals surface area contributed by atoms with E-state index in [9.17, 15) is 4.79 Å². The highest BCUT2D eigenvalue weighted by molar-refractivity contribution is 6.04. The molecular weight excluding hydrogens is 328 g/mol. The van der Waals surface area contributed by atoms with Gasteiger partial charge in [0.2, 0.25) is 5.88 Å². The Morgan fingerprint density at radius 3 is 3.04 bits per heavy atom. The first kappa shape index (κ1) is 16.6. The Balaban J connectivity index is 1.60. The molecule has 0 spiro atoms. The van der Waals surface area contributed by atoms with Crippen LogP contribution in [0.2, 0.25) is 0 Å². The predicted octanol–water partition coefficient (Wildman–Crippen LogP) is 3.77. The molecule has 0 aliphatic heterocycles. The molecule has 26 heavy (non-hydrogen) atoms. The molecule has 0 bridgehead atoms. The number of aromatic nitrogens is 3. The van der Waals surface area contributed by atoms with E-state index in [0.717, 1.165) is 25.0 Å². The summed E-state index contributed by atoms with van der Waals surface area (Å²) < 4.78 is 5.90. The van der Waals surface area contributed by atoms with E-state index in [-0.39, 0.29) is 11.9 Å². The minimum Gasteiger partial charge on any atom is -0.437 e. The lowest BCUT2D eigenvalue weighted by atomic mass is 10.1. The molecule has 2 N–H and O–H groups in total. The molecule has 4 rings (SSSR count). The Labute approximate surface area is 152 Å². The number of aryl methyl sites for hydroxylation is 2. The second-order valence-electron chi connectivity index (χ2n) is 6.78. The summed E-state index contributed by atoms with van der Waals surface area (Å²) in [5, 5.41) is 2.95. The topological polar surface area (TPSA) is 79.9 Å². The van der Waals surface area contributed by atoms with Gasteiger partial charge in [-0.3, -0.25) is 4.79 Å². The lowest BCUT2D eigenvalue weighted by Gasteiger charge is -2.10. The van der Waals surface area contributed by atoms with Crippen LogP contribution >= 0.6 is 0 Å². The summed E-state index contributed by atoms with van der Waals surface area (Å²) in [6, 6.07) is 6.25. The van der Waals surface area contributed by atoms with Crippen LogP contribution in [0.3, 0.4) is 0 Å².